The van der Waals surface area contributed by atoms with Crippen LogP contribution in [0, 0.1) is 0 Å². The van der Waals surface area contributed by atoms with Gasteiger partial charge >= 0.3 is 6.18 Å². The van der Waals surface area contributed by atoms with E-state index in [0.717, 1.165) is 0 Å². The fourth-order valence-corrected chi connectivity index (χ4v) is 1.44. The molecule has 0 saturated heterocycles. The summed E-state index contributed by atoms with van der Waals surface area (Å²) >= 11 is 3.16. The first-order valence-electron chi connectivity index (χ1n) is 4.12. The first kappa shape index (κ1) is 12.2. The molecule has 0 radical (unpaired) electrons. The number of nitrogen functional groups attached to an aromatic ring is 1. The summed E-state index contributed by atoms with van der Waals surface area (Å²) in [5.74, 6) is 0.325. The molecule has 0 amide bonds. The molecule has 0 saturated carbocycles. The van der Waals surface area contributed by atoms with Gasteiger partial charge in [-0.15, -0.1) is 0 Å². The molecular formula is C9H9BrF3NO. The lowest BCUT2D eigenvalue weighted by atomic mass is 10.3. The molecule has 1 aromatic carbocycles. The molecule has 15 heavy (non-hydrogen) atoms. The van der Waals surface area contributed by atoms with Crippen LogP contribution in [-0.4, -0.2) is 12.8 Å². The van der Waals surface area contributed by atoms with Gasteiger partial charge in [-0.25, -0.2) is 0 Å². The Kier molecular flexibility index (Phi) is 3.84. The Labute approximate surface area is 93.3 Å². The minimum atomic E-state index is -4.20. The fraction of sp³-hybridized carbons (Fsp3) is 0.333. The lowest BCUT2D eigenvalue weighted by Crippen LogP contribution is -2.13. The predicted octanol–water partition coefficient (Wildman–Crippen LogP) is 3.36. The zero-order valence-electron chi connectivity index (χ0n) is 7.64. The summed E-state index contributed by atoms with van der Waals surface area (Å²) in [4.78, 5) is 0. The third-order valence-corrected chi connectivity index (χ3v) is 2.01. The van der Waals surface area contributed by atoms with Crippen molar-refractivity contribution in [2.24, 2.45) is 0 Å². The molecule has 0 aliphatic heterocycles. The van der Waals surface area contributed by atoms with Gasteiger partial charge in [0.2, 0.25) is 0 Å². The smallest absolute Gasteiger partial charge is 0.392 e. The van der Waals surface area contributed by atoms with Crippen LogP contribution in [0.25, 0.3) is 0 Å². The summed E-state index contributed by atoms with van der Waals surface area (Å²) in [6.07, 6.45) is -5.17. The Morgan fingerprint density at radius 1 is 1.27 bits per heavy atom. The number of alkyl halides is 3. The number of nitrogens with two attached hydrogens (primary N) is 1. The van der Waals surface area contributed by atoms with Crippen LogP contribution in [0.2, 0.25) is 0 Å². The highest BCUT2D eigenvalue weighted by atomic mass is 79.9. The molecule has 0 aliphatic rings. The first-order chi connectivity index (χ1) is 6.87. The molecule has 2 N–H and O–H groups in total. The van der Waals surface area contributed by atoms with E-state index in [1.807, 2.05) is 0 Å². The predicted molar refractivity (Wildman–Crippen MR) is 54.7 cm³/mol. The van der Waals surface area contributed by atoms with Crippen molar-refractivity contribution in [2.45, 2.75) is 12.6 Å². The van der Waals surface area contributed by atoms with E-state index in [1.165, 1.54) is 6.07 Å². The van der Waals surface area contributed by atoms with E-state index in [0.29, 0.717) is 15.9 Å². The van der Waals surface area contributed by atoms with Crippen LogP contribution >= 0.6 is 15.9 Å². The summed E-state index contributed by atoms with van der Waals surface area (Å²) in [7, 11) is 0. The molecule has 2 nitrogen and oxygen atoms in total. The maximum absolute atomic E-state index is 11.8. The molecule has 0 aliphatic carbocycles. The number of anilines is 1. The van der Waals surface area contributed by atoms with E-state index < -0.39 is 19.2 Å². The van der Waals surface area contributed by atoms with Gasteiger partial charge in [-0.2, -0.15) is 13.2 Å². The number of ether oxygens (including phenoxy) is 1. The number of benzene rings is 1. The van der Waals surface area contributed by atoms with Crippen molar-refractivity contribution in [3.8, 4) is 5.75 Å². The van der Waals surface area contributed by atoms with Crippen molar-refractivity contribution in [2.75, 3.05) is 12.3 Å². The molecule has 0 unspecified atom stereocenters. The van der Waals surface area contributed by atoms with Gasteiger partial charge in [0, 0.05) is 16.2 Å². The topological polar surface area (TPSA) is 35.2 Å². The molecule has 1 aromatic rings. The fourth-order valence-electron chi connectivity index (χ4n) is 0.952. The van der Waals surface area contributed by atoms with Gasteiger partial charge in [0.05, 0.1) is 13.0 Å². The van der Waals surface area contributed by atoms with Crippen molar-refractivity contribution in [1.82, 2.24) is 0 Å². The molecule has 6 heteroatoms. The number of hydrogen-bond donors (Lipinski definition) is 1. The second-order valence-corrected chi connectivity index (χ2v) is 3.85. The van der Waals surface area contributed by atoms with Gasteiger partial charge < -0.3 is 10.5 Å². The summed E-state index contributed by atoms with van der Waals surface area (Å²) < 4.78 is 41.0. The Morgan fingerprint density at radius 3 is 2.47 bits per heavy atom. The highest BCUT2D eigenvalue weighted by Crippen LogP contribution is 2.24. The maximum Gasteiger partial charge on any atom is 0.392 e. The van der Waals surface area contributed by atoms with E-state index in [2.05, 4.69) is 15.9 Å². The normalized spacial score (nSPS) is 11.5. The number of hydrogen-bond acceptors (Lipinski definition) is 2. The Morgan fingerprint density at radius 2 is 1.93 bits per heavy atom. The quantitative estimate of drug-likeness (QED) is 0.864. The molecule has 1 rings (SSSR count). The largest absolute Gasteiger partial charge is 0.493 e. The van der Waals surface area contributed by atoms with Gasteiger partial charge in [-0.05, 0) is 12.1 Å². The average molecular weight is 284 g/mol. The lowest BCUT2D eigenvalue weighted by molar-refractivity contribution is -0.139. The molecule has 0 fully saturated rings. The standard InChI is InChI=1S/C9H9BrF3NO/c10-6-3-7(14)5-8(4-6)15-2-1-9(11,12)13/h3-5H,1-2,14H2. The highest BCUT2D eigenvalue weighted by molar-refractivity contribution is 9.10. The summed E-state index contributed by atoms with van der Waals surface area (Å²) in [5, 5.41) is 0. The zero-order chi connectivity index (χ0) is 11.5. The van der Waals surface area contributed by atoms with E-state index in [-0.39, 0.29) is 0 Å². The first-order valence-corrected chi connectivity index (χ1v) is 4.92. The van der Waals surface area contributed by atoms with Crippen LogP contribution in [0.15, 0.2) is 22.7 Å². The molecule has 0 heterocycles. The van der Waals surface area contributed by atoms with Gasteiger partial charge in [0.1, 0.15) is 5.75 Å². The monoisotopic (exact) mass is 283 g/mol. The average Bonchev–Trinajstić information content (AvgIpc) is 1.99. The van der Waals surface area contributed by atoms with Crippen LogP contribution in [-0.2, 0) is 0 Å². The summed E-state index contributed by atoms with van der Waals surface area (Å²) in [5.41, 5.74) is 5.92. The van der Waals surface area contributed by atoms with Crippen molar-refractivity contribution < 1.29 is 17.9 Å². The minimum Gasteiger partial charge on any atom is -0.493 e. The maximum atomic E-state index is 11.8. The molecule has 0 bridgehead atoms. The van der Waals surface area contributed by atoms with Crippen molar-refractivity contribution in [3.63, 3.8) is 0 Å². The van der Waals surface area contributed by atoms with Crippen molar-refractivity contribution in [3.05, 3.63) is 22.7 Å². The molecule has 0 atom stereocenters. The number of rotatable bonds is 3. The van der Waals surface area contributed by atoms with E-state index >= 15 is 0 Å². The third kappa shape index (κ3) is 4.92. The summed E-state index contributed by atoms with van der Waals surface area (Å²) in [6.45, 7) is -0.403. The van der Waals surface area contributed by atoms with E-state index in [1.54, 1.807) is 12.1 Å². The van der Waals surface area contributed by atoms with Crippen LogP contribution in [0.5, 0.6) is 5.75 Å². The molecule has 0 aromatic heterocycles. The molecule has 84 valence electrons. The minimum absolute atomic E-state index is 0.325. The van der Waals surface area contributed by atoms with Gasteiger partial charge in [-0.3, -0.25) is 0 Å². The summed E-state index contributed by atoms with van der Waals surface area (Å²) in [6, 6.07) is 4.67. The Hall–Kier alpha value is -0.910. The zero-order valence-corrected chi connectivity index (χ0v) is 9.23. The second-order valence-electron chi connectivity index (χ2n) is 2.93. The van der Waals surface area contributed by atoms with Gasteiger partial charge in [-0.1, -0.05) is 15.9 Å². The van der Waals surface area contributed by atoms with Crippen LogP contribution in [0.4, 0.5) is 18.9 Å². The van der Waals surface area contributed by atoms with Crippen LogP contribution in [0.3, 0.4) is 0 Å². The van der Waals surface area contributed by atoms with Crippen molar-refractivity contribution >= 4 is 21.6 Å². The highest BCUT2D eigenvalue weighted by Gasteiger charge is 2.26. The van der Waals surface area contributed by atoms with Crippen LogP contribution in [0.1, 0.15) is 6.42 Å². The third-order valence-electron chi connectivity index (χ3n) is 1.55. The van der Waals surface area contributed by atoms with E-state index in [4.69, 9.17) is 10.5 Å². The molecule has 0 spiro atoms. The SMILES string of the molecule is Nc1cc(Br)cc(OCCC(F)(F)F)c1. The van der Waals surface area contributed by atoms with Crippen LogP contribution < -0.4 is 10.5 Å². The number of halogens is 4. The van der Waals surface area contributed by atoms with Gasteiger partial charge in [0.25, 0.3) is 0 Å². The van der Waals surface area contributed by atoms with E-state index in [9.17, 15) is 13.2 Å². The lowest BCUT2D eigenvalue weighted by Gasteiger charge is -2.09. The van der Waals surface area contributed by atoms with Crippen molar-refractivity contribution in [1.29, 1.82) is 0 Å². The Bertz CT molecular complexity index is 320. The van der Waals surface area contributed by atoms with Gasteiger partial charge in [0.15, 0.2) is 0 Å². The molecular weight excluding hydrogens is 275 g/mol. The second kappa shape index (κ2) is 4.74. The Balaban J connectivity index is 2.51.